The Labute approximate surface area is 143 Å². The van der Waals surface area contributed by atoms with E-state index in [1.807, 2.05) is 12.1 Å². The summed E-state index contributed by atoms with van der Waals surface area (Å²) >= 11 is 0. The minimum atomic E-state index is 0.238. The van der Waals surface area contributed by atoms with Crippen LogP contribution in [0, 0.1) is 5.41 Å². The quantitative estimate of drug-likeness (QED) is 0.905. The molecule has 0 radical (unpaired) electrons. The number of fused-ring (bicyclic) bond motifs is 1. The summed E-state index contributed by atoms with van der Waals surface area (Å²) < 4.78 is 4.87. The minimum Gasteiger partial charge on any atom is -0.396 e. The molecule has 1 saturated heterocycles. The Balaban J connectivity index is 1.69. The Bertz CT molecular complexity index is 664. The van der Waals surface area contributed by atoms with Crippen LogP contribution in [0.2, 0.25) is 0 Å². The number of hydrogen-bond donors (Lipinski definition) is 1. The zero-order chi connectivity index (χ0) is 17.2. The van der Waals surface area contributed by atoms with Crippen LogP contribution in [0.15, 0.2) is 22.8 Å². The predicted octanol–water partition coefficient (Wildman–Crippen LogP) is 2.14. The average Bonchev–Trinajstić information content (AvgIpc) is 2.98. The maximum Gasteiger partial charge on any atom is 0.139 e. The first kappa shape index (κ1) is 17.3. The molecule has 1 N–H and O–H groups in total. The smallest absolute Gasteiger partial charge is 0.139 e. The van der Waals surface area contributed by atoms with Gasteiger partial charge in [-0.15, -0.1) is 0 Å². The lowest BCUT2D eigenvalue weighted by Crippen LogP contribution is -2.54. The number of aliphatic hydroxyl groups is 1. The van der Waals surface area contributed by atoms with Crippen molar-refractivity contribution in [1.29, 1.82) is 0 Å². The monoisotopic (exact) mass is 332 g/mol. The molecule has 1 aliphatic heterocycles. The van der Waals surface area contributed by atoms with Gasteiger partial charge < -0.3 is 5.11 Å². The molecule has 1 fully saturated rings. The fraction of sp³-hybridized carbons (Fsp3) is 0.667. The van der Waals surface area contributed by atoms with E-state index in [1.54, 1.807) is 0 Å². The van der Waals surface area contributed by atoms with Gasteiger partial charge in [0, 0.05) is 45.4 Å². The van der Waals surface area contributed by atoms with Crippen LogP contribution in [-0.2, 0) is 6.54 Å². The third kappa shape index (κ3) is 4.12. The summed E-state index contributed by atoms with van der Waals surface area (Å²) in [6.45, 7) is 12.0. The molecule has 1 aliphatic rings. The van der Waals surface area contributed by atoms with Crippen molar-refractivity contribution in [3.05, 3.63) is 23.8 Å². The van der Waals surface area contributed by atoms with Crippen molar-refractivity contribution in [3.63, 3.8) is 0 Å². The molecule has 1 aromatic carbocycles. The van der Waals surface area contributed by atoms with E-state index in [4.69, 9.17) is 4.63 Å². The second-order valence-corrected chi connectivity index (χ2v) is 7.98. The molecule has 1 atom stereocenters. The van der Waals surface area contributed by atoms with Crippen LogP contribution in [0.4, 0.5) is 0 Å². The summed E-state index contributed by atoms with van der Waals surface area (Å²) in [5.74, 6) is 0. The highest BCUT2D eigenvalue weighted by molar-refractivity contribution is 5.76. The van der Waals surface area contributed by atoms with Crippen LogP contribution in [0.25, 0.3) is 11.0 Å². The predicted molar refractivity (Wildman–Crippen MR) is 93.6 cm³/mol. The van der Waals surface area contributed by atoms with Crippen molar-refractivity contribution >= 4 is 11.0 Å². The fourth-order valence-electron chi connectivity index (χ4n) is 3.57. The maximum absolute atomic E-state index is 9.45. The molecule has 6 nitrogen and oxygen atoms in total. The molecule has 0 amide bonds. The number of rotatable bonds is 5. The number of hydrogen-bond acceptors (Lipinski definition) is 6. The van der Waals surface area contributed by atoms with E-state index in [0.29, 0.717) is 6.04 Å². The second-order valence-electron chi connectivity index (χ2n) is 7.98. The largest absolute Gasteiger partial charge is 0.396 e. The zero-order valence-electron chi connectivity index (χ0n) is 14.9. The Morgan fingerprint density at radius 3 is 2.83 bits per heavy atom. The van der Waals surface area contributed by atoms with Crippen LogP contribution in [-0.4, -0.2) is 64.0 Å². The molecule has 132 valence electrons. The van der Waals surface area contributed by atoms with Crippen molar-refractivity contribution in [1.82, 2.24) is 20.1 Å². The van der Waals surface area contributed by atoms with Crippen LogP contribution in [0.5, 0.6) is 0 Å². The number of nitrogens with zero attached hydrogens (tertiary/aromatic N) is 4. The van der Waals surface area contributed by atoms with E-state index < -0.39 is 0 Å². The number of aliphatic hydroxyl groups excluding tert-OH is 1. The summed E-state index contributed by atoms with van der Waals surface area (Å²) in [4.78, 5) is 4.98. The second kappa shape index (κ2) is 7.17. The van der Waals surface area contributed by atoms with Crippen LogP contribution < -0.4 is 0 Å². The maximum atomic E-state index is 9.45. The Kier molecular flexibility index (Phi) is 5.18. The number of benzene rings is 1. The van der Waals surface area contributed by atoms with E-state index in [2.05, 4.69) is 47.0 Å². The zero-order valence-corrected chi connectivity index (χ0v) is 14.9. The Morgan fingerprint density at radius 1 is 1.25 bits per heavy atom. The Hall–Kier alpha value is -1.50. The van der Waals surface area contributed by atoms with E-state index in [1.165, 1.54) is 0 Å². The SMILES string of the molecule is CC(C)(C)CN1CCN(Cc2cccc3nonc23)C[C@H]1CCO. The lowest BCUT2D eigenvalue weighted by molar-refractivity contribution is 0.0341. The first-order valence-electron chi connectivity index (χ1n) is 8.74. The number of aromatic nitrogens is 2. The van der Waals surface area contributed by atoms with E-state index in [9.17, 15) is 5.11 Å². The lowest BCUT2D eigenvalue weighted by atomic mass is 9.94. The summed E-state index contributed by atoms with van der Waals surface area (Å²) in [5, 5.41) is 17.4. The van der Waals surface area contributed by atoms with Crippen molar-refractivity contribution in [2.45, 2.75) is 39.8 Å². The normalized spacial score (nSPS) is 20.8. The molecule has 2 heterocycles. The lowest BCUT2D eigenvalue weighted by Gasteiger charge is -2.44. The van der Waals surface area contributed by atoms with Gasteiger partial charge in [-0.3, -0.25) is 9.80 Å². The molecule has 6 heteroatoms. The molecule has 0 spiro atoms. The molecule has 24 heavy (non-hydrogen) atoms. The molecule has 0 saturated carbocycles. The summed E-state index contributed by atoms with van der Waals surface area (Å²) in [6, 6.07) is 6.42. The van der Waals surface area contributed by atoms with Gasteiger partial charge >= 0.3 is 0 Å². The third-order valence-electron chi connectivity index (χ3n) is 4.59. The van der Waals surface area contributed by atoms with Crippen molar-refractivity contribution in [2.75, 3.05) is 32.8 Å². The van der Waals surface area contributed by atoms with Gasteiger partial charge in [-0.1, -0.05) is 32.9 Å². The Morgan fingerprint density at radius 2 is 2.08 bits per heavy atom. The van der Waals surface area contributed by atoms with E-state index in [-0.39, 0.29) is 12.0 Å². The standard InChI is InChI=1S/C18H28N4O2/c1-18(2,3)13-22-9-8-21(12-15(22)7-10-23)11-14-5-4-6-16-17(14)20-24-19-16/h4-6,15,23H,7-13H2,1-3H3/t15-/m1/s1. The first-order chi connectivity index (χ1) is 11.5. The van der Waals surface area contributed by atoms with Crippen LogP contribution in [0.3, 0.4) is 0 Å². The fourth-order valence-corrected chi connectivity index (χ4v) is 3.57. The molecular formula is C18H28N4O2. The highest BCUT2D eigenvalue weighted by Gasteiger charge is 2.29. The van der Waals surface area contributed by atoms with Gasteiger partial charge in [-0.2, -0.15) is 0 Å². The van der Waals surface area contributed by atoms with E-state index in [0.717, 1.165) is 55.7 Å². The highest BCUT2D eigenvalue weighted by Crippen LogP contribution is 2.23. The molecular weight excluding hydrogens is 304 g/mol. The molecule has 0 aliphatic carbocycles. The minimum absolute atomic E-state index is 0.238. The van der Waals surface area contributed by atoms with Gasteiger partial charge in [-0.25, -0.2) is 4.63 Å². The van der Waals surface area contributed by atoms with Crippen molar-refractivity contribution in [2.24, 2.45) is 5.41 Å². The summed E-state index contributed by atoms with van der Waals surface area (Å²) in [5.41, 5.74) is 3.09. The van der Waals surface area contributed by atoms with Gasteiger partial charge in [0.05, 0.1) is 0 Å². The van der Waals surface area contributed by atoms with Crippen molar-refractivity contribution in [3.8, 4) is 0 Å². The van der Waals surface area contributed by atoms with E-state index >= 15 is 0 Å². The van der Waals surface area contributed by atoms with Gasteiger partial charge in [0.25, 0.3) is 0 Å². The highest BCUT2D eigenvalue weighted by atomic mass is 16.6. The molecule has 0 bridgehead atoms. The molecule has 0 unspecified atom stereocenters. The van der Waals surface area contributed by atoms with Crippen molar-refractivity contribution < 1.29 is 9.74 Å². The van der Waals surface area contributed by atoms with Crippen LogP contribution >= 0.6 is 0 Å². The first-order valence-corrected chi connectivity index (χ1v) is 8.74. The van der Waals surface area contributed by atoms with Crippen LogP contribution in [0.1, 0.15) is 32.8 Å². The van der Waals surface area contributed by atoms with Gasteiger partial charge in [0.15, 0.2) is 0 Å². The average molecular weight is 332 g/mol. The topological polar surface area (TPSA) is 65.6 Å². The number of piperazine rings is 1. The molecule has 3 rings (SSSR count). The molecule has 1 aromatic heterocycles. The summed E-state index contributed by atoms with van der Waals surface area (Å²) in [6.07, 6.45) is 0.822. The summed E-state index contributed by atoms with van der Waals surface area (Å²) in [7, 11) is 0. The molecule has 2 aromatic rings. The van der Waals surface area contributed by atoms with Gasteiger partial charge in [0.1, 0.15) is 11.0 Å². The van der Waals surface area contributed by atoms with Gasteiger partial charge in [-0.05, 0) is 33.8 Å². The third-order valence-corrected chi connectivity index (χ3v) is 4.59. The van der Waals surface area contributed by atoms with Gasteiger partial charge in [0.2, 0.25) is 0 Å².